The molecule has 0 rings (SSSR count). The van der Waals surface area contributed by atoms with Crippen molar-refractivity contribution in [2.45, 2.75) is 9.87 Å². The molecule has 0 spiro atoms. The van der Waals surface area contributed by atoms with Gasteiger partial charge in [0.2, 0.25) is 0 Å². The van der Waals surface area contributed by atoms with Crippen LogP contribution in [0.15, 0.2) is 50.6 Å². The normalized spacial score (nSPS) is 15.6. The highest BCUT2D eigenvalue weighted by molar-refractivity contribution is 7.81. The molecule has 0 saturated heterocycles. The molecule has 0 heterocycles. The Morgan fingerprint density at radius 3 is 1.18 bits per heavy atom. The molecule has 0 N–H and O–H groups in total. The minimum atomic E-state index is -2.81. The molecule has 0 fully saturated rings. The van der Waals surface area contributed by atoms with Crippen molar-refractivity contribution >= 4 is 22.2 Å². The second-order valence-corrected chi connectivity index (χ2v) is 5.05. The molecule has 0 aliphatic heterocycles. The Morgan fingerprint density at radius 2 is 1.06 bits per heavy atom. The van der Waals surface area contributed by atoms with E-state index in [9.17, 15) is 17.5 Å². The van der Waals surface area contributed by atoms with Gasteiger partial charge in [0.05, 0.1) is 0 Å². The van der Waals surface area contributed by atoms with Crippen LogP contribution in [0.4, 0.5) is 0 Å². The highest BCUT2D eigenvalue weighted by Gasteiger charge is 2.37. The molecule has 96 valence electrons. The Hall–Kier alpha value is -0.860. The SMILES string of the molecule is C=CC(C=C)(OC(C=C)(C=C)S(=O)[O-])S(=O)[O-]. The Kier molecular flexibility index (Phi) is 5.86. The van der Waals surface area contributed by atoms with Crippen molar-refractivity contribution in [3.63, 3.8) is 0 Å². The molecule has 2 unspecified atom stereocenters. The van der Waals surface area contributed by atoms with Crippen molar-refractivity contribution in [2.75, 3.05) is 0 Å². The van der Waals surface area contributed by atoms with E-state index in [-0.39, 0.29) is 0 Å². The van der Waals surface area contributed by atoms with Gasteiger partial charge < -0.3 is 13.8 Å². The van der Waals surface area contributed by atoms with Gasteiger partial charge in [-0.2, -0.15) is 0 Å². The average molecular weight is 276 g/mol. The molecule has 2 atom stereocenters. The van der Waals surface area contributed by atoms with Crippen molar-refractivity contribution < 1.29 is 22.3 Å². The summed E-state index contributed by atoms with van der Waals surface area (Å²) in [6.07, 6.45) is 3.66. The lowest BCUT2D eigenvalue weighted by atomic mass is 10.3. The smallest absolute Gasteiger partial charge is 0.169 e. The van der Waals surface area contributed by atoms with E-state index in [0.29, 0.717) is 0 Å². The highest BCUT2D eigenvalue weighted by atomic mass is 32.2. The quantitative estimate of drug-likeness (QED) is 0.485. The van der Waals surface area contributed by atoms with Crippen LogP contribution in [0.3, 0.4) is 0 Å². The molecule has 17 heavy (non-hydrogen) atoms. The van der Waals surface area contributed by atoms with Crippen molar-refractivity contribution in [2.24, 2.45) is 0 Å². The van der Waals surface area contributed by atoms with E-state index in [1.54, 1.807) is 0 Å². The Balaban J connectivity index is 5.64. The first-order chi connectivity index (χ1) is 7.84. The second kappa shape index (κ2) is 6.18. The molecule has 0 aliphatic carbocycles. The fourth-order valence-electron chi connectivity index (χ4n) is 0.923. The molecular weight excluding hydrogens is 264 g/mol. The Morgan fingerprint density at radius 1 is 0.824 bits per heavy atom. The molecule has 0 saturated carbocycles. The summed E-state index contributed by atoms with van der Waals surface area (Å²) in [5.74, 6) is 0. The highest BCUT2D eigenvalue weighted by Crippen LogP contribution is 2.29. The van der Waals surface area contributed by atoms with Gasteiger partial charge in [0.15, 0.2) is 9.87 Å². The number of hydrogen-bond donors (Lipinski definition) is 0. The second-order valence-electron chi connectivity index (χ2n) is 2.83. The third kappa shape index (κ3) is 3.08. The zero-order valence-electron chi connectivity index (χ0n) is 9.00. The minimum absolute atomic E-state index is 0.914. The lowest BCUT2D eigenvalue weighted by molar-refractivity contribution is 0.0368. The van der Waals surface area contributed by atoms with E-state index in [1.807, 2.05) is 0 Å². The van der Waals surface area contributed by atoms with Gasteiger partial charge in [-0.25, -0.2) is 0 Å². The van der Waals surface area contributed by atoms with E-state index < -0.39 is 32.0 Å². The van der Waals surface area contributed by atoms with Crippen molar-refractivity contribution in [1.29, 1.82) is 0 Å². The predicted octanol–water partition coefficient (Wildman–Crippen LogP) is 0.898. The summed E-state index contributed by atoms with van der Waals surface area (Å²) in [6, 6.07) is 0. The minimum Gasteiger partial charge on any atom is -0.770 e. The molecule has 0 aromatic carbocycles. The van der Waals surface area contributed by atoms with Crippen LogP contribution < -0.4 is 0 Å². The fraction of sp³-hybridized carbons (Fsp3) is 0.200. The van der Waals surface area contributed by atoms with Gasteiger partial charge in [-0.1, -0.05) is 26.3 Å². The van der Waals surface area contributed by atoms with E-state index >= 15 is 0 Å². The maximum atomic E-state index is 11.1. The maximum Gasteiger partial charge on any atom is 0.169 e. The van der Waals surface area contributed by atoms with E-state index in [2.05, 4.69) is 26.3 Å². The summed E-state index contributed by atoms with van der Waals surface area (Å²) < 4.78 is 49.4. The summed E-state index contributed by atoms with van der Waals surface area (Å²) in [4.78, 5) is -4.08. The third-order valence-corrected chi connectivity index (χ3v) is 3.85. The van der Waals surface area contributed by atoms with Gasteiger partial charge in [0.1, 0.15) is 0 Å². The summed E-state index contributed by atoms with van der Waals surface area (Å²) in [6.45, 7) is 13.1. The lowest BCUT2D eigenvalue weighted by Crippen LogP contribution is -2.45. The van der Waals surface area contributed by atoms with Gasteiger partial charge >= 0.3 is 0 Å². The molecule has 5 nitrogen and oxygen atoms in total. The zero-order valence-corrected chi connectivity index (χ0v) is 10.6. The van der Waals surface area contributed by atoms with Crippen LogP contribution in [0.2, 0.25) is 0 Å². The molecule has 0 aromatic rings. The van der Waals surface area contributed by atoms with E-state index in [1.165, 1.54) is 0 Å². The molecular formula is C10H12O5S2-2. The van der Waals surface area contributed by atoms with Crippen molar-refractivity contribution in [1.82, 2.24) is 0 Å². The molecule has 0 aromatic heterocycles. The predicted molar refractivity (Wildman–Crippen MR) is 65.2 cm³/mol. The van der Waals surface area contributed by atoms with Crippen molar-refractivity contribution in [3.05, 3.63) is 50.6 Å². The summed E-state index contributed by atoms with van der Waals surface area (Å²) in [7, 11) is 0. The van der Waals surface area contributed by atoms with E-state index in [4.69, 9.17) is 4.74 Å². The van der Waals surface area contributed by atoms with Crippen LogP contribution in [0.1, 0.15) is 0 Å². The van der Waals surface area contributed by atoms with Crippen LogP contribution in [0.25, 0.3) is 0 Å². The third-order valence-electron chi connectivity index (χ3n) is 1.98. The first kappa shape index (κ1) is 16.1. The Labute approximate surface area is 105 Å². The lowest BCUT2D eigenvalue weighted by Gasteiger charge is -2.39. The van der Waals surface area contributed by atoms with Crippen LogP contribution in [-0.2, 0) is 26.9 Å². The van der Waals surface area contributed by atoms with Gasteiger partial charge in [-0.15, -0.1) is 0 Å². The van der Waals surface area contributed by atoms with Gasteiger partial charge in [0, 0.05) is 0 Å². The summed E-state index contributed by atoms with van der Waals surface area (Å²) >= 11 is -5.61. The standard InChI is InChI=1S/C10H14O5S2/c1-5-9(6-2,16(11)12)15-10(7-3,8-4)17(13)14/h5-8H,1-4H2,(H,11,12)(H,13,14)/p-2. The van der Waals surface area contributed by atoms with Gasteiger partial charge in [-0.05, 0) is 46.5 Å². The Bertz CT molecular complexity index is 336. The van der Waals surface area contributed by atoms with Crippen LogP contribution >= 0.6 is 0 Å². The fourth-order valence-corrected chi connectivity index (χ4v) is 1.93. The number of hydrogen-bond acceptors (Lipinski definition) is 5. The first-order valence-electron chi connectivity index (χ1n) is 4.27. The van der Waals surface area contributed by atoms with Crippen LogP contribution in [0, 0.1) is 0 Å². The molecule has 0 bridgehead atoms. The van der Waals surface area contributed by atoms with Crippen LogP contribution in [0.5, 0.6) is 0 Å². The van der Waals surface area contributed by atoms with Crippen LogP contribution in [-0.4, -0.2) is 27.4 Å². The topological polar surface area (TPSA) is 89.5 Å². The average Bonchev–Trinajstić information content (AvgIpc) is 2.31. The molecule has 0 aliphatic rings. The molecule has 0 amide bonds. The van der Waals surface area contributed by atoms with Gasteiger partial charge in [0.25, 0.3) is 0 Å². The maximum absolute atomic E-state index is 11.1. The summed E-state index contributed by atoms with van der Waals surface area (Å²) in [5.41, 5.74) is 0. The summed E-state index contributed by atoms with van der Waals surface area (Å²) in [5, 5.41) is 0. The van der Waals surface area contributed by atoms with Gasteiger partial charge in [-0.3, -0.25) is 8.42 Å². The largest absolute Gasteiger partial charge is 0.770 e. The van der Waals surface area contributed by atoms with E-state index in [0.717, 1.165) is 24.3 Å². The zero-order chi connectivity index (χ0) is 13.7. The van der Waals surface area contributed by atoms with Crippen molar-refractivity contribution in [3.8, 4) is 0 Å². The first-order valence-corrected chi connectivity index (χ1v) is 6.42. The monoisotopic (exact) mass is 276 g/mol. The number of rotatable bonds is 8. The molecule has 0 radical (unpaired) electrons. The number of ether oxygens (including phenoxy) is 1. The molecule has 7 heteroatoms.